The standard InChI is InChI=1S/C17H24N2O3S/c1-3-6-13-8-9-14(22-13)7-5-10-18-11-16-19-15(12-23-16)17(20)21-4-2/h8-9,12,18H,3-7,10-11H2,1-2H3. The minimum atomic E-state index is -0.351. The Morgan fingerprint density at radius 1 is 1.30 bits per heavy atom. The van der Waals surface area contributed by atoms with E-state index in [1.54, 1.807) is 12.3 Å². The van der Waals surface area contributed by atoms with Crippen LogP contribution in [0.5, 0.6) is 0 Å². The molecule has 126 valence electrons. The molecule has 0 unspecified atom stereocenters. The Morgan fingerprint density at radius 3 is 2.83 bits per heavy atom. The zero-order valence-corrected chi connectivity index (χ0v) is 14.6. The molecule has 2 heterocycles. The van der Waals surface area contributed by atoms with Gasteiger partial charge in [-0.25, -0.2) is 9.78 Å². The summed E-state index contributed by atoms with van der Waals surface area (Å²) in [6, 6.07) is 4.14. The summed E-state index contributed by atoms with van der Waals surface area (Å²) in [6.07, 6.45) is 4.05. The van der Waals surface area contributed by atoms with Crippen molar-refractivity contribution in [2.45, 2.75) is 46.1 Å². The number of hydrogen-bond acceptors (Lipinski definition) is 6. The van der Waals surface area contributed by atoms with Crippen LogP contribution in [-0.2, 0) is 24.1 Å². The first kappa shape index (κ1) is 17.7. The molecule has 0 aliphatic rings. The molecule has 0 spiro atoms. The first-order valence-electron chi connectivity index (χ1n) is 8.12. The number of aromatic nitrogens is 1. The Hall–Kier alpha value is -1.66. The molecular formula is C17H24N2O3S. The Balaban J connectivity index is 1.64. The molecule has 0 amide bonds. The van der Waals surface area contributed by atoms with Crippen molar-refractivity contribution in [2.75, 3.05) is 13.2 Å². The predicted octanol–water partition coefficient (Wildman–Crippen LogP) is 3.59. The summed E-state index contributed by atoms with van der Waals surface area (Å²) in [5, 5.41) is 5.98. The normalized spacial score (nSPS) is 10.9. The number of nitrogens with one attached hydrogen (secondary N) is 1. The molecule has 0 aliphatic carbocycles. The first-order valence-corrected chi connectivity index (χ1v) is 9.00. The van der Waals surface area contributed by atoms with Crippen molar-refractivity contribution < 1.29 is 13.9 Å². The highest BCUT2D eigenvalue weighted by atomic mass is 32.1. The third-order valence-electron chi connectivity index (χ3n) is 3.30. The zero-order chi connectivity index (χ0) is 16.5. The van der Waals surface area contributed by atoms with E-state index in [2.05, 4.69) is 29.4 Å². The molecule has 2 aromatic rings. The SMILES string of the molecule is CCCc1ccc(CCCNCc2nc(C(=O)OCC)cs2)o1. The molecule has 2 aromatic heterocycles. The third kappa shape index (κ3) is 5.80. The molecule has 0 saturated carbocycles. The molecule has 2 rings (SSSR count). The predicted molar refractivity (Wildman–Crippen MR) is 90.8 cm³/mol. The second-order valence-electron chi connectivity index (χ2n) is 5.25. The fourth-order valence-electron chi connectivity index (χ4n) is 2.21. The van der Waals surface area contributed by atoms with Gasteiger partial charge in [0.15, 0.2) is 5.69 Å². The summed E-state index contributed by atoms with van der Waals surface area (Å²) >= 11 is 1.47. The van der Waals surface area contributed by atoms with Crippen LogP contribution in [0.15, 0.2) is 21.9 Å². The fraction of sp³-hybridized carbons (Fsp3) is 0.529. The van der Waals surface area contributed by atoms with Gasteiger partial charge in [-0.05, 0) is 38.4 Å². The minimum Gasteiger partial charge on any atom is -0.466 e. The summed E-state index contributed by atoms with van der Waals surface area (Å²) < 4.78 is 10.7. The summed E-state index contributed by atoms with van der Waals surface area (Å²) in [5.41, 5.74) is 0.396. The van der Waals surface area contributed by atoms with Crippen LogP contribution < -0.4 is 5.32 Å². The smallest absolute Gasteiger partial charge is 0.357 e. The number of ether oxygens (including phenoxy) is 1. The van der Waals surface area contributed by atoms with E-state index >= 15 is 0 Å². The van der Waals surface area contributed by atoms with E-state index in [9.17, 15) is 4.79 Å². The highest BCUT2D eigenvalue weighted by Crippen LogP contribution is 2.12. The van der Waals surface area contributed by atoms with Gasteiger partial charge in [0.2, 0.25) is 0 Å². The average molecular weight is 336 g/mol. The minimum absolute atomic E-state index is 0.351. The molecule has 0 bridgehead atoms. The molecule has 0 aliphatic heterocycles. The van der Waals surface area contributed by atoms with Gasteiger partial charge in [0, 0.05) is 24.8 Å². The van der Waals surface area contributed by atoms with Crippen LogP contribution in [0, 0.1) is 0 Å². The van der Waals surface area contributed by atoms with Crippen LogP contribution in [-0.4, -0.2) is 24.1 Å². The van der Waals surface area contributed by atoms with E-state index in [0.29, 0.717) is 18.8 Å². The van der Waals surface area contributed by atoms with Crippen molar-refractivity contribution >= 4 is 17.3 Å². The maximum absolute atomic E-state index is 11.5. The van der Waals surface area contributed by atoms with Gasteiger partial charge in [0.25, 0.3) is 0 Å². The molecule has 23 heavy (non-hydrogen) atoms. The van der Waals surface area contributed by atoms with Crippen LogP contribution >= 0.6 is 11.3 Å². The van der Waals surface area contributed by atoms with Crippen LogP contribution in [0.25, 0.3) is 0 Å². The quantitative estimate of drug-likeness (QED) is 0.530. The summed E-state index contributed by atoms with van der Waals surface area (Å²) in [5.74, 6) is 1.77. The van der Waals surface area contributed by atoms with Gasteiger partial charge >= 0.3 is 5.97 Å². The van der Waals surface area contributed by atoms with Crippen LogP contribution in [0.1, 0.15) is 53.7 Å². The molecular weight excluding hydrogens is 312 g/mol. The van der Waals surface area contributed by atoms with Crippen molar-refractivity contribution in [1.82, 2.24) is 10.3 Å². The Kier molecular flexibility index (Phi) is 7.29. The number of carbonyl (C=O) groups excluding carboxylic acids is 1. The number of furan rings is 1. The second-order valence-corrected chi connectivity index (χ2v) is 6.19. The maximum atomic E-state index is 11.5. The summed E-state index contributed by atoms with van der Waals surface area (Å²) in [6.45, 7) is 5.87. The van der Waals surface area contributed by atoms with Gasteiger partial charge in [0.05, 0.1) is 6.61 Å². The molecule has 5 nitrogen and oxygen atoms in total. The van der Waals surface area contributed by atoms with Gasteiger partial charge < -0.3 is 14.5 Å². The lowest BCUT2D eigenvalue weighted by Gasteiger charge is -2.01. The second kappa shape index (κ2) is 9.47. The van der Waals surface area contributed by atoms with Crippen molar-refractivity contribution in [3.8, 4) is 0 Å². The monoisotopic (exact) mass is 336 g/mol. The molecule has 0 aromatic carbocycles. The summed E-state index contributed by atoms with van der Waals surface area (Å²) in [4.78, 5) is 15.8. The fourth-order valence-corrected chi connectivity index (χ4v) is 2.94. The maximum Gasteiger partial charge on any atom is 0.357 e. The number of rotatable bonds is 10. The summed E-state index contributed by atoms with van der Waals surface area (Å²) in [7, 11) is 0. The lowest BCUT2D eigenvalue weighted by molar-refractivity contribution is 0.0520. The van der Waals surface area contributed by atoms with Crippen molar-refractivity contribution in [2.24, 2.45) is 0 Å². The van der Waals surface area contributed by atoms with E-state index in [1.165, 1.54) is 11.3 Å². The van der Waals surface area contributed by atoms with E-state index < -0.39 is 0 Å². The highest BCUT2D eigenvalue weighted by molar-refractivity contribution is 7.09. The van der Waals surface area contributed by atoms with Crippen molar-refractivity contribution in [3.63, 3.8) is 0 Å². The first-order chi connectivity index (χ1) is 11.2. The molecule has 0 fully saturated rings. The number of carbonyl (C=O) groups is 1. The van der Waals surface area contributed by atoms with Gasteiger partial charge in [-0.1, -0.05) is 6.92 Å². The van der Waals surface area contributed by atoms with Gasteiger partial charge in [-0.3, -0.25) is 0 Å². The van der Waals surface area contributed by atoms with E-state index in [1.807, 2.05) is 0 Å². The van der Waals surface area contributed by atoms with Crippen molar-refractivity contribution in [1.29, 1.82) is 0 Å². The van der Waals surface area contributed by atoms with Gasteiger partial charge in [-0.2, -0.15) is 0 Å². The van der Waals surface area contributed by atoms with E-state index in [0.717, 1.165) is 48.8 Å². The van der Waals surface area contributed by atoms with E-state index in [4.69, 9.17) is 9.15 Å². The molecule has 0 radical (unpaired) electrons. The number of esters is 1. The zero-order valence-electron chi connectivity index (χ0n) is 13.8. The Labute approximate surface area is 141 Å². The van der Waals surface area contributed by atoms with Crippen molar-refractivity contribution in [3.05, 3.63) is 39.7 Å². The lowest BCUT2D eigenvalue weighted by atomic mass is 10.2. The highest BCUT2D eigenvalue weighted by Gasteiger charge is 2.11. The van der Waals surface area contributed by atoms with Gasteiger partial charge in [-0.15, -0.1) is 11.3 Å². The van der Waals surface area contributed by atoms with Crippen LogP contribution in [0.2, 0.25) is 0 Å². The Bertz CT molecular complexity index is 607. The molecule has 0 saturated heterocycles. The number of nitrogens with zero attached hydrogens (tertiary/aromatic N) is 1. The number of aryl methyl sites for hydroxylation is 2. The molecule has 0 atom stereocenters. The largest absolute Gasteiger partial charge is 0.466 e. The van der Waals surface area contributed by atoms with E-state index in [-0.39, 0.29) is 5.97 Å². The molecule has 6 heteroatoms. The topological polar surface area (TPSA) is 64.4 Å². The van der Waals surface area contributed by atoms with Crippen LogP contribution in [0.4, 0.5) is 0 Å². The van der Waals surface area contributed by atoms with Crippen LogP contribution in [0.3, 0.4) is 0 Å². The molecule has 1 N–H and O–H groups in total. The Morgan fingerprint density at radius 2 is 2.09 bits per heavy atom. The lowest BCUT2D eigenvalue weighted by Crippen LogP contribution is -2.15. The average Bonchev–Trinajstić information content (AvgIpc) is 3.17. The number of hydrogen-bond donors (Lipinski definition) is 1. The third-order valence-corrected chi connectivity index (χ3v) is 4.15. The number of thiazole rings is 1. The van der Waals surface area contributed by atoms with Gasteiger partial charge in [0.1, 0.15) is 16.5 Å².